The zero-order valence-electron chi connectivity index (χ0n) is 21.3. The van der Waals surface area contributed by atoms with E-state index in [1.807, 2.05) is 0 Å². The van der Waals surface area contributed by atoms with Crippen LogP contribution in [0.3, 0.4) is 0 Å². The molecule has 1 aromatic rings. The number of ether oxygens (including phenoxy) is 5. The molecule has 0 aliphatic rings. The molecule has 5 unspecified atom stereocenters. The van der Waals surface area contributed by atoms with Crippen molar-refractivity contribution in [3.8, 4) is 5.75 Å². The summed E-state index contributed by atoms with van der Waals surface area (Å²) in [6.45, 7) is 4.89. The Kier molecular flexibility index (Phi) is 13.0. The molecule has 1 amide bonds. The molecule has 0 fully saturated rings. The first kappa shape index (κ1) is 31.3. The van der Waals surface area contributed by atoms with Crippen LogP contribution in [-0.4, -0.2) is 90.8 Å². The lowest BCUT2D eigenvalue weighted by Gasteiger charge is -2.22. The van der Waals surface area contributed by atoms with Crippen LogP contribution in [-0.2, 0) is 54.1 Å². The van der Waals surface area contributed by atoms with E-state index in [2.05, 4.69) is 10.1 Å². The van der Waals surface area contributed by atoms with Crippen molar-refractivity contribution in [2.45, 2.75) is 64.6 Å². The van der Waals surface area contributed by atoms with Gasteiger partial charge in [-0.1, -0.05) is 12.1 Å². The second-order valence-electron chi connectivity index (χ2n) is 8.01. The lowest BCUT2D eigenvalue weighted by Crippen LogP contribution is -2.48. The maximum atomic E-state index is 12.7. The smallest absolute Gasteiger partial charge is 0.347 e. The van der Waals surface area contributed by atoms with Crippen LogP contribution in [0, 0.1) is 0 Å². The van der Waals surface area contributed by atoms with Crippen LogP contribution in [0.25, 0.3) is 0 Å². The fraction of sp³-hybridized carbons (Fsp3) is 0.542. The average molecular weight is 528 g/mol. The van der Waals surface area contributed by atoms with Crippen molar-refractivity contribution in [3.05, 3.63) is 29.8 Å². The summed E-state index contributed by atoms with van der Waals surface area (Å²) in [7, 11) is 1.43. The van der Waals surface area contributed by atoms with E-state index in [4.69, 9.17) is 24.1 Å². The molecular weight excluding hydrogens is 494 g/mol. The van der Waals surface area contributed by atoms with Gasteiger partial charge in [0.1, 0.15) is 24.5 Å². The molecule has 0 spiro atoms. The normalized spacial score (nSPS) is 14.8. The van der Waals surface area contributed by atoms with Gasteiger partial charge < -0.3 is 39.2 Å². The van der Waals surface area contributed by atoms with Crippen molar-refractivity contribution in [2.75, 3.05) is 20.3 Å². The van der Waals surface area contributed by atoms with Gasteiger partial charge in [0.05, 0.1) is 6.61 Å². The van der Waals surface area contributed by atoms with Gasteiger partial charge in [-0.25, -0.2) is 19.2 Å². The molecule has 0 saturated carbocycles. The molecule has 0 saturated heterocycles. The summed E-state index contributed by atoms with van der Waals surface area (Å²) in [5.41, 5.74) is 0.613. The van der Waals surface area contributed by atoms with Gasteiger partial charge in [0, 0.05) is 13.5 Å². The first-order chi connectivity index (χ1) is 17.3. The van der Waals surface area contributed by atoms with E-state index in [-0.39, 0.29) is 25.4 Å². The highest BCUT2D eigenvalue weighted by Gasteiger charge is 2.30. The van der Waals surface area contributed by atoms with E-state index in [9.17, 15) is 29.1 Å². The highest BCUT2D eigenvalue weighted by atomic mass is 16.6. The predicted molar refractivity (Wildman–Crippen MR) is 125 cm³/mol. The van der Waals surface area contributed by atoms with Gasteiger partial charge in [0.15, 0.2) is 18.3 Å². The minimum absolute atomic E-state index is 0.0234. The zero-order chi connectivity index (χ0) is 28.1. The van der Waals surface area contributed by atoms with E-state index in [1.54, 1.807) is 12.1 Å². The molecule has 206 valence electrons. The number of carbonyl (C=O) groups excluding carboxylic acids is 5. The molecule has 1 rings (SSSR count). The number of hydrogen-bond donors (Lipinski definition) is 3. The van der Waals surface area contributed by atoms with Crippen LogP contribution in [0.5, 0.6) is 5.75 Å². The quantitative estimate of drug-likeness (QED) is 0.164. The summed E-state index contributed by atoms with van der Waals surface area (Å²) >= 11 is 0. The SMILES string of the molecule is COCCOC(=O)C(Cc1ccc(O)cc1)NC(=O)C(C)OC(=O)C(C)OC(=O)C(C)OC(=O)C(C)O. The van der Waals surface area contributed by atoms with Crippen molar-refractivity contribution in [3.63, 3.8) is 0 Å². The number of benzene rings is 1. The number of hydrogen-bond acceptors (Lipinski definition) is 12. The van der Waals surface area contributed by atoms with Gasteiger partial charge >= 0.3 is 23.9 Å². The number of phenols is 1. The number of phenolic OH excluding ortho intramolecular Hbond substituents is 1. The number of nitrogens with one attached hydrogen (secondary N) is 1. The van der Waals surface area contributed by atoms with E-state index in [0.29, 0.717) is 5.56 Å². The summed E-state index contributed by atoms with van der Waals surface area (Å²) in [6.07, 6.45) is -5.67. The average Bonchev–Trinajstić information content (AvgIpc) is 2.84. The van der Waals surface area contributed by atoms with Gasteiger partial charge in [-0.2, -0.15) is 0 Å². The third kappa shape index (κ3) is 11.3. The molecule has 0 aromatic heterocycles. The number of amides is 1. The summed E-state index contributed by atoms with van der Waals surface area (Å²) in [4.78, 5) is 60.9. The van der Waals surface area contributed by atoms with Crippen LogP contribution in [0.2, 0.25) is 0 Å². The standard InChI is InChI=1S/C24H33NO12/c1-13(26)21(29)36-15(3)23(31)37-16(4)22(30)35-14(2)20(28)25-19(24(32)34-11-10-33-5)12-17-6-8-18(27)9-7-17/h6-9,13-16,19,26-27H,10-12H2,1-5H3,(H,25,28). The number of methoxy groups -OCH3 is 1. The lowest BCUT2D eigenvalue weighted by atomic mass is 10.1. The van der Waals surface area contributed by atoms with Crippen molar-refractivity contribution in [1.29, 1.82) is 0 Å². The molecule has 0 aliphatic heterocycles. The van der Waals surface area contributed by atoms with Crippen molar-refractivity contribution < 1.29 is 57.9 Å². The Morgan fingerprint density at radius 3 is 1.81 bits per heavy atom. The Labute approximate surface area is 214 Å². The molecule has 13 heteroatoms. The van der Waals surface area contributed by atoms with Crippen LogP contribution in [0.15, 0.2) is 24.3 Å². The fourth-order valence-corrected chi connectivity index (χ4v) is 2.64. The van der Waals surface area contributed by atoms with Crippen molar-refractivity contribution in [2.24, 2.45) is 0 Å². The van der Waals surface area contributed by atoms with Crippen LogP contribution in [0.4, 0.5) is 0 Å². The molecular formula is C24H33NO12. The monoisotopic (exact) mass is 527 g/mol. The third-order valence-corrected chi connectivity index (χ3v) is 4.76. The predicted octanol–water partition coefficient (Wildman–Crippen LogP) is -0.215. The summed E-state index contributed by atoms with van der Waals surface area (Å²) in [5.74, 6) is -4.73. The number of esters is 4. The molecule has 37 heavy (non-hydrogen) atoms. The van der Waals surface area contributed by atoms with E-state index in [0.717, 1.165) is 6.92 Å². The molecule has 0 aliphatic carbocycles. The minimum Gasteiger partial charge on any atom is -0.508 e. The van der Waals surface area contributed by atoms with Crippen LogP contribution in [0.1, 0.15) is 33.3 Å². The van der Waals surface area contributed by atoms with Crippen molar-refractivity contribution in [1.82, 2.24) is 5.32 Å². The Hall–Kier alpha value is -3.71. The highest BCUT2D eigenvalue weighted by molar-refractivity contribution is 5.89. The topological polar surface area (TPSA) is 184 Å². The number of carbonyl (C=O) groups is 5. The van der Waals surface area contributed by atoms with Gasteiger partial charge in [-0.05, 0) is 45.4 Å². The fourth-order valence-electron chi connectivity index (χ4n) is 2.64. The largest absolute Gasteiger partial charge is 0.508 e. The lowest BCUT2D eigenvalue weighted by molar-refractivity contribution is -0.181. The molecule has 0 heterocycles. The van der Waals surface area contributed by atoms with E-state index in [1.165, 1.54) is 40.0 Å². The Balaban J connectivity index is 2.74. The third-order valence-electron chi connectivity index (χ3n) is 4.76. The second kappa shape index (κ2) is 15.4. The number of aromatic hydroxyl groups is 1. The summed E-state index contributed by atoms with van der Waals surface area (Å²) < 4.78 is 24.6. The molecule has 0 radical (unpaired) electrons. The minimum atomic E-state index is -1.46. The molecule has 5 atom stereocenters. The Bertz CT molecular complexity index is 930. The molecule has 13 nitrogen and oxygen atoms in total. The maximum absolute atomic E-state index is 12.7. The van der Waals surface area contributed by atoms with Crippen molar-refractivity contribution >= 4 is 29.8 Å². The van der Waals surface area contributed by atoms with Gasteiger partial charge in [-0.3, -0.25) is 4.79 Å². The summed E-state index contributed by atoms with van der Waals surface area (Å²) in [5, 5.41) is 21.0. The number of aliphatic hydroxyl groups is 1. The Morgan fingerprint density at radius 2 is 1.30 bits per heavy atom. The maximum Gasteiger partial charge on any atom is 0.347 e. The van der Waals surface area contributed by atoms with Gasteiger partial charge in [-0.15, -0.1) is 0 Å². The van der Waals surface area contributed by atoms with Gasteiger partial charge in [0.2, 0.25) is 0 Å². The summed E-state index contributed by atoms with van der Waals surface area (Å²) in [6, 6.07) is 4.83. The van der Waals surface area contributed by atoms with E-state index < -0.39 is 60.2 Å². The Morgan fingerprint density at radius 1 is 0.784 bits per heavy atom. The zero-order valence-corrected chi connectivity index (χ0v) is 21.3. The van der Waals surface area contributed by atoms with Crippen LogP contribution >= 0.6 is 0 Å². The van der Waals surface area contributed by atoms with E-state index >= 15 is 0 Å². The number of aliphatic hydroxyl groups excluding tert-OH is 1. The van der Waals surface area contributed by atoms with Gasteiger partial charge in [0.25, 0.3) is 5.91 Å². The molecule has 0 bridgehead atoms. The molecule has 3 N–H and O–H groups in total. The number of rotatable bonds is 14. The highest BCUT2D eigenvalue weighted by Crippen LogP contribution is 2.12. The second-order valence-corrected chi connectivity index (χ2v) is 8.01. The molecule has 1 aromatic carbocycles. The van der Waals surface area contributed by atoms with Crippen LogP contribution < -0.4 is 5.32 Å². The first-order valence-corrected chi connectivity index (χ1v) is 11.4. The first-order valence-electron chi connectivity index (χ1n) is 11.4.